The summed E-state index contributed by atoms with van der Waals surface area (Å²) in [5.41, 5.74) is -0.675. The maximum atomic E-state index is 13.8. The summed E-state index contributed by atoms with van der Waals surface area (Å²) in [4.78, 5) is 13.8. The van der Waals surface area contributed by atoms with Crippen LogP contribution in [0.25, 0.3) is 0 Å². The number of thioether (sulfide) groups is 1. The van der Waals surface area contributed by atoms with Gasteiger partial charge in [-0.3, -0.25) is 4.79 Å². The quantitative estimate of drug-likeness (QED) is 0.494. The van der Waals surface area contributed by atoms with Gasteiger partial charge < -0.3 is 4.90 Å². The largest absolute Gasteiger partial charge is 0.416 e. The highest BCUT2D eigenvalue weighted by molar-refractivity contribution is 7.99. The third-order valence-electron chi connectivity index (χ3n) is 5.01. The second-order valence-corrected chi connectivity index (χ2v) is 8.19. The number of carbonyl (C=O) groups is 1. The number of anilines is 1. The van der Waals surface area contributed by atoms with E-state index in [1.54, 1.807) is 0 Å². The maximum Gasteiger partial charge on any atom is 0.416 e. The van der Waals surface area contributed by atoms with Crippen LogP contribution in [0.5, 0.6) is 0 Å². The van der Waals surface area contributed by atoms with Crippen LogP contribution in [0.4, 0.5) is 36.4 Å². The predicted octanol–water partition coefficient (Wildman–Crippen LogP) is 6.23. The Hall–Kier alpha value is -2.31. The lowest BCUT2D eigenvalue weighted by atomic mass is 9.93. The first kappa shape index (κ1) is 27.9. The van der Waals surface area contributed by atoms with Crippen LogP contribution in [0.3, 0.4) is 0 Å². The van der Waals surface area contributed by atoms with Crippen LogP contribution in [0, 0.1) is 5.82 Å². The Labute approximate surface area is 197 Å². The molecule has 1 aliphatic rings. The van der Waals surface area contributed by atoms with E-state index in [1.807, 2.05) is 13.8 Å². The topological polar surface area (TPSA) is 35.6 Å². The molecule has 3 rings (SSSR count). The van der Waals surface area contributed by atoms with Gasteiger partial charge in [-0.05, 0) is 47.5 Å². The summed E-state index contributed by atoms with van der Waals surface area (Å²) < 4.78 is 94.8. The molecular formula is C22H24F7N3OS. The smallest absolute Gasteiger partial charge is 0.315 e. The van der Waals surface area contributed by atoms with Gasteiger partial charge in [0.25, 0.3) is 0 Å². The van der Waals surface area contributed by atoms with Crippen molar-refractivity contribution in [2.75, 3.05) is 24.9 Å². The molecule has 0 aliphatic carbocycles. The fraction of sp³-hybridized carbons (Fsp3) is 0.409. The summed E-state index contributed by atoms with van der Waals surface area (Å²) in [7, 11) is 2.79. The van der Waals surface area contributed by atoms with E-state index in [4.69, 9.17) is 0 Å². The summed E-state index contributed by atoms with van der Waals surface area (Å²) in [5, 5.41) is 0.537. The van der Waals surface area contributed by atoms with Crippen molar-refractivity contribution in [1.82, 2.24) is 10.4 Å². The van der Waals surface area contributed by atoms with Gasteiger partial charge in [0.1, 0.15) is 5.82 Å². The first-order valence-electron chi connectivity index (χ1n) is 10.2. The van der Waals surface area contributed by atoms with E-state index in [0.717, 1.165) is 28.8 Å². The molecule has 1 aliphatic heterocycles. The summed E-state index contributed by atoms with van der Waals surface area (Å²) in [6.07, 6.45) is -10.9. The molecule has 4 nitrogen and oxygen atoms in total. The van der Waals surface area contributed by atoms with E-state index < -0.39 is 52.6 Å². The van der Waals surface area contributed by atoms with Gasteiger partial charge in [-0.2, -0.15) is 26.3 Å². The van der Waals surface area contributed by atoms with Crippen molar-refractivity contribution in [3.8, 4) is 0 Å². The van der Waals surface area contributed by atoms with Gasteiger partial charge >= 0.3 is 12.4 Å². The highest BCUT2D eigenvalue weighted by atomic mass is 32.2. The number of likely N-dealkylation sites (N-methyl/N-ethyl adjacent to an activating group) is 1. The van der Waals surface area contributed by atoms with Crippen LogP contribution < -0.4 is 10.3 Å². The molecule has 0 aromatic heterocycles. The minimum Gasteiger partial charge on any atom is -0.315 e. The minimum absolute atomic E-state index is 0.0387. The van der Waals surface area contributed by atoms with Crippen LogP contribution in [0.15, 0.2) is 36.4 Å². The van der Waals surface area contributed by atoms with Gasteiger partial charge in [0.15, 0.2) is 0 Å². The molecule has 1 fully saturated rings. The molecule has 1 unspecified atom stereocenters. The Morgan fingerprint density at radius 2 is 1.68 bits per heavy atom. The Morgan fingerprint density at radius 1 is 1.09 bits per heavy atom. The normalized spacial score (nSPS) is 16.7. The van der Waals surface area contributed by atoms with E-state index in [-0.39, 0.29) is 23.2 Å². The monoisotopic (exact) mass is 511 g/mol. The van der Waals surface area contributed by atoms with Gasteiger partial charge in [0.05, 0.1) is 28.8 Å². The van der Waals surface area contributed by atoms with Crippen molar-refractivity contribution in [3.63, 3.8) is 0 Å². The number of hydrogen-bond donors (Lipinski definition) is 1. The molecule has 34 heavy (non-hydrogen) atoms. The van der Waals surface area contributed by atoms with Crippen LogP contribution in [0.2, 0.25) is 0 Å². The molecule has 0 saturated carbocycles. The number of carbonyl (C=O) groups excluding carboxylic acids is 1. The van der Waals surface area contributed by atoms with Crippen molar-refractivity contribution in [2.24, 2.45) is 0 Å². The standard InChI is InChI=1S/C20H18F7N3OS.C2H6/c1-29(13-5-3-12(21)4-6-13)17(31)9-14-15(18-30(2)28-10-32-18)7-11(19(22,23)24)8-16(14)20(25,26)27;1-2/h3-8,18,28H,9-10H2,1-2H3;1-2H3. The SMILES string of the molecule is CC.CN(C(=O)Cc1c(C2SCNN2C)cc(C(F)(F)F)cc1C(F)(F)F)c1ccc(F)cc1. The zero-order valence-corrected chi connectivity index (χ0v) is 19.6. The van der Waals surface area contributed by atoms with E-state index in [9.17, 15) is 35.5 Å². The van der Waals surface area contributed by atoms with Crippen molar-refractivity contribution >= 4 is 23.4 Å². The molecule has 1 heterocycles. The van der Waals surface area contributed by atoms with Crippen molar-refractivity contribution < 1.29 is 35.5 Å². The molecule has 2 aromatic carbocycles. The van der Waals surface area contributed by atoms with Gasteiger partial charge in [0.2, 0.25) is 5.91 Å². The summed E-state index contributed by atoms with van der Waals surface area (Å²) >= 11 is 1.10. The van der Waals surface area contributed by atoms with Gasteiger partial charge in [-0.15, -0.1) is 11.8 Å². The number of amides is 1. The van der Waals surface area contributed by atoms with Crippen molar-refractivity contribution in [1.29, 1.82) is 0 Å². The molecule has 0 spiro atoms. The molecule has 1 atom stereocenters. The number of nitrogens with zero attached hydrogens (tertiary/aromatic N) is 2. The van der Waals surface area contributed by atoms with Gasteiger partial charge in [-0.25, -0.2) is 14.8 Å². The number of halogens is 7. The average Bonchev–Trinajstić information content (AvgIpc) is 3.19. The maximum absolute atomic E-state index is 13.8. The molecule has 1 N–H and O–H groups in total. The van der Waals surface area contributed by atoms with Crippen LogP contribution in [-0.2, 0) is 23.6 Å². The van der Waals surface area contributed by atoms with E-state index in [0.29, 0.717) is 6.07 Å². The molecule has 2 aromatic rings. The van der Waals surface area contributed by atoms with Crippen LogP contribution in [-0.4, -0.2) is 30.9 Å². The highest BCUT2D eigenvalue weighted by Crippen LogP contribution is 2.44. The molecular weight excluding hydrogens is 487 g/mol. The van der Waals surface area contributed by atoms with Gasteiger partial charge in [0, 0.05) is 19.8 Å². The lowest BCUT2D eigenvalue weighted by molar-refractivity contribution is -0.143. The van der Waals surface area contributed by atoms with E-state index >= 15 is 0 Å². The average molecular weight is 512 g/mol. The fourth-order valence-electron chi connectivity index (χ4n) is 3.32. The van der Waals surface area contributed by atoms with E-state index in [2.05, 4.69) is 5.43 Å². The lowest BCUT2D eigenvalue weighted by Gasteiger charge is -2.26. The first-order valence-corrected chi connectivity index (χ1v) is 11.2. The van der Waals surface area contributed by atoms with Crippen molar-refractivity contribution in [2.45, 2.75) is 38.0 Å². The molecule has 1 saturated heterocycles. The van der Waals surface area contributed by atoms with Crippen molar-refractivity contribution in [3.05, 3.63) is 64.5 Å². The molecule has 0 bridgehead atoms. The third kappa shape index (κ3) is 6.42. The summed E-state index contributed by atoms with van der Waals surface area (Å²) in [5.74, 6) is -1.07. The number of hydrogen-bond acceptors (Lipinski definition) is 4. The molecule has 12 heteroatoms. The molecule has 1 amide bonds. The van der Waals surface area contributed by atoms with Crippen LogP contribution in [0.1, 0.15) is 41.5 Å². The first-order chi connectivity index (χ1) is 15.8. The second-order valence-electron chi connectivity index (χ2n) is 7.13. The minimum atomic E-state index is -5.12. The Bertz CT molecular complexity index is 994. The summed E-state index contributed by atoms with van der Waals surface area (Å²) in [6.45, 7) is 4.00. The zero-order chi connectivity index (χ0) is 25.8. The number of hydrazine groups is 1. The molecule has 0 radical (unpaired) electrons. The summed E-state index contributed by atoms with van der Waals surface area (Å²) in [6, 6.07) is 5.42. The molecule has 188 valence electrons. The second kappa shape index (κ2) is 11.0. The number of alkyl halides is 6. The third-order valence-corrected chi connectivity index (χ3v) is 6.19. The zero-order valence-electron chi connectivity index (χ0n) is 18.8. The highest BCUT2D eigenvalue weighted by Gasteiger charge is 2.42. The fourth-order valence-corrected chi connectivity index (χ4v) is 4.44. The Balaban J connectivity index is 0.00000199. The number of nitrogens with one attached hydrogen (secondary N) is 1. The Morgan fingerprint density at radius 3 is 2.15 bits per heavy atom. The number of rotatable bonds is 4. The lowest BCUT2D eigenvalue weighted by Crippen LogP contribution is -2.32. The van der Waals surface area contributed by atoms with Gasteiger partial charge in [-0.1, -0.05) is 13.8 Å². The number of benzene rings is 2. The predicted molar refractivity (Wildman–Crippen MR) is 117 cm³/mol. The Kier molecular flexibility index (Phi) is 9.00. The van der Waals surface area contributed by atoms with Crippen LogP contribution >= 0.6 is 11.8 Å². The van der Waals surface area contributed by atoms with E-state index in [1.165, 1.54) is 31.2 Å².